The maximum absolute atomic E-state index is 13.7. The minimum atomic E-state index is -0.292. The SMILES string of the molecule is Nc1ncnc2sc3c(c12)CCN(C(=O)CSc1ccccc1F)C3. The van der Waals surface area contributed by atoms with E-state index in [2.05, 4.69) is 9.97 Å². The summed E-state index contributed by atoms with van der Waals surface area (Å²) in [6.45, 7) is 1.18. The summed E-state index contributed by atoms with van der Waals surface area (Å²) in [5, 5.41) is 0.926. The summed E-state index contributed by atoms with van der Waals surface area (Å²) in [5.41, 5.74) is 7.14. The minimum Gasteiger partial charge on any atom is -0.383 e. The maximum Gasteiger partial charge on any atom is 0.233 e. The molecule has 8 heteroatoms. The van der Waals surface area contributed by atoms with Crippen LogP contribution in [-0.2, 0) is 17.8 Å². The zero-order chi connectivity index (χ0) is 17.4. The Labute approximate surface area is 152 Å². The number of hydrogen-bond acceptors (Lipinski definition) is 6. The van der Waals surface area contributed by atoms with E-state index in [0.717, 1.165) is 27.1 Å². The van der Waals surface area contributed by atoms with Gasteiger partial charge in [0.25, 0.3) is 0 Å². The topological polar surface area (TPSA) is 72.1 Å². The van der Waals surface area contributed by atoms with Crippen molar-refractivity contribution >= 4 is 45.0 Å². The Bertz CT molecular complexity index is 959. The van der Waals surface area contributed by atoms with Crippen molar-refractivity contribution in [3.63, 3.8) is 0 Å². The fourth-order valence-corrected chi connectivity index (χ4v) is 5.01. The van der Waals surface area contributed by atoms with E-state index in [4.69, 9.17) is 5.73 Å². The largest absolute Gasteiger partial charge is 0.383 e. The van der Waals surface area contributed by atoms with Gasteiger partial charge in [0.1, 0.15) is 22.8 Å². The van der Waals surface area contributed by atoms with E-state index >= 15 is 0 Å². The second-order valence-corrected chi connectivity index (χ2v) is 7.83. The van der Waals surface area contributed by atoms with Crippen LogP contribution in [0.3, 0.4) is 0 Å². The number of aromatic nitrogens is 2. The second-order valence-electron chi connectivity index (χ2n) is 5.73. The van der Waals surface area contributed by atoms with Gasteiger partial charge in [0.05, 0.1) is 17.7 Å². The summed E-state index contributed by atoms with van der Waals surface area (Å²) in [6, 6.07) is 6.51. The van der Waals surface area contributed by atoms with Crippen molar-refractivity contribution in [3.05, 3.63) is 46.9 Å². The molecule has 0 aliphatic carbocycles. The van der Waals surface area contributed by atoms with Gasteiger partial charge >= 0.3 is 0 Å². The molecule has 3 heterocycles. The molecule has 0 bridgehead atoms. The number of rotatable bonds is 3. The molecule has 2 aromatic heterocycles. The molecule has 2 N–H and O–H groups in total. The summed E-state index contributed by atoms with van der Waals surface area (Å²) in [5.74, 6) is 0.441. The number of nitrogens with two attached hydrogens (primary N) is 1. The van der Waals surface area contributed by atoms with E-state index < -0.39 is 0 Å². The number of carbonyl (C=O) groups is 1. The molecule has 1 aliphatic heterocycles. The number of thioether (sulfide) groups is 1. The number of anilines is 1. The highest BCUT2D eigenvalue weighted by atomic mass is 32.2. The molecule has 128 valence electrons. The molecule has 25 heavy (non-hydrogen) atoms. The van der Waals surface area contributed by atoms with Gasteiger partial charge in [-0.05, 0) is 24.1 Å². The lowest BCUT2D eigenvalue weighted by Gasteiger charge is -2.27. The van der Waals surface area contributed by atoms with Crippen LogP contribution in [-0.4, -0.2) is 33.1 Å². The number of nitrogens with zero attached hydrogens (tertiary/aromatic N) is 3. The van der Waals surface area contributed by atoms with E-state index in [0.29, 0.717) is 23.8 Å². The number of halogens is 1. The quantitative estimate of drug-likeness (QED) is 0.713. The predicted octanol–water partition coefficient (Wildman–Crippen LogP) is 3.09. The Morgan fingerprint density at radius 3 is 3.04 bits per heavy atom. The zero-order valence-electron chi connectivity index (χ0n) is 13.2. The van der Waals surface area contributed by atoms with Crippen molar-refractivity contribution in [1.82, 2.24) is 14.9 Å². The average Bonchev–Trinajstić information content (AvgIpc) is 2.99. The molecule has 0 atom stereocenters. The fourth-order valence-electron chi connectivity index (χ4n) is 2.96. The first-order chi connectivity index (χ1) is 12.1. The molecular weight excluding hydrogens is 359 g/mol. The number of thiophene rings is 1. The third-order valence-corrected chi connectivity index (χ3v) is 6.36. The van der Waals surface area contributed by atoms with Gasteiger partial charge in [-0.3, -0.25) is 4.79 Å². The number of fused-ring (bicyclic) bond motifs is 3. The van der Waals surface area contributed by atoms with Gasteiger partial charge in [-0.25, -0.2) is 14.4 Å². The fraction of sp³-hybridized carbons (Fsp3) is 0.235. The molecule has 0 unspecified atom stereocenters. The highest BCUT2D eigenvalue weighted by Gasteiger charge is 2.25. The van der Waals surface area contributed by atoms with E-state index in [1.807, 2.05) is 4.90 Å². The minimum absolute atomic E-state index is 0.00964. The van der Waals surface area contributed by atoms with E-state index in [1.54, 1.807) is 29.5 Å². The number of carbonyl (C=O) groups excluding carboxylic acids is 1. The molecular formula is C17H15FN4OS2. The van der Waals surface area contributed by atoms with Gasteiger partial charge in [0.2, 0.25) is 5.91 Å². The highest BCUT2D eigenvalue weighted by Crippen LogP contribution is 2.36. The molecule has 1 amide bonds. The zero-order valence-corrected chi connectivity index (χ0v) is 14.9. The van der Waals surface area contributed by atoms with Crippen LogP contribution in [0.4, 0.5) is 10.2 Å². The maximum atomic E-state index is 13.7. The molecule has 3 aromatic rings. The van der Waals surface area contributed by atoms with Crippen LogP contribution >= 0.6 is 23.1 Å². The van der Waals surface area contributed by atoms with Gasteiger partial charge in [0, 0.05) is 16.3 Å². The van der Waals surface area contributed by atoms with Crippen LogP contribution in [0.5, 0.6) is 0 Å². The molecule has 0 spiro atoms. The normalized spacial score (nSPS) is 13.9. The van der Waals surface area contributed by atoms with Crippen LogP contribution in [0.2, 0.25) is 0 Å². The van der Waals surface area contributed by atoms with E-state index in [9.17, 15) is 9.18 Å². The Morgan fingerprint density at radius 2 is 2.20 bits per heavy atom. The van der Waals surface area contributed by atoms with Gasteiger partial charge in [-0.1, -0.05) is 12.1 Å². The third-order valence-electron chi connectivity index (χ3n) is 4.21. The number of benzene rings is 1. The Morgan fingerprint density at radius 1 is 1.36 bits per heavy atom. The van der Waals surface area contributed by atoms with Crippen LogP contribution in [0.15, 0.2) is 35.5 Å². The van der Waals surface area contributed by atoms with Crippen molar-refractivity contribution in [1.29, 1.82) is 0 Å². The van der Waals surface area contributed by atoms with Crippen molar-refractivity contribution in [2.45, 2.75) is 17.9 Å². The summed E-state index contributed by atoms with van der Waals surface area (Å²) >= 11 is 2.79. The highest BCUT2D eigenvalue weighted by molar-refractivity contribution is 8.00. The summed E-state index contributed by atoms with van der Waals surface area (Å²) in [4.78, 5) is 25.1. The van der Waals surface area contributed by atoms with Gasteiger partial charge in [-0.2, -0.15) is 0 Å². The second kappa shape index (κ2) is 6.61. The van der Waals surface area contributed by atoms with Crippen molar-refractivity contribution in [2.24, 2.45) is 0 Å². The predicted molar refractivity (Wildman–Crippen MR) is 98.1 cm³/mol. The van der Waals surface area contributed by atoms with Crippen LogP contribution < -0.4 is 5.73 Å². The van der Waals surface area contributed by atoms with Crippen molar-refractivity contribution in [3.8, 4) is 0 Å². The van der Waals surface area contributed by atoms with Crippen LogP contribution in [0.25, 0.3) is 10.2 Å². The first-order valence-corrected chi connectivity index (χ1v) is 9.59. The molecule has 1 aliphatic rings. The van der Waals surface area contributed by atoms with Gasteiger partial charge in [-0.15, -0.1) is 23.1 Å². The summed E-state index contributed by atoms with van der Waals surface area (Å²) in [6.07, 6.45) is 2.20. The van der Waals surface area contributed by atoms with E-state index in [1.165, 1.54) is 24.2 Å². The third kappa shape index (κ3) is 3.07. The summed E-state index contributed by atoms with van der Waals surface area (Å²) in [7, 11) is 0. The van der Waals surface area contributed by atoms with Crippen molar-refractivity contribution < 1.29 is 9.18 Å². The standard InChI is InChI=1S/C17H15FN4OS2/c18-11-3-1-2-4-12(11)24-8-14(23)22-6-5-10-13(7-22)25-17-15(10)16(19)20-9-21-17/h1-4,9H,5-8H2,(H2,19,20,21). The molecule has 0 fully saturated rings. The number of nitrogen functional groups attached to an aromatic ring is 1. The first-order valence-electron chi connectivity index (χ1n) is 7.79. The lowest BCUT2D eigenvalue weighted by atomic mass is 10.1. The van der Waals surface area contributed by atoms with Crippen LogP contribution in [0.1, 0.15) is 10.4 Å². The lowest BCUT2D eigenvalue weighted by molar-refractivity contribution is -0.129. The van der Waals surface area contributed by atoms with Crippen molar-refractivity contribution in [2.75, 3.05) is 18.0 Å². The Kier molecular flexibility index (Phi) is 4.30. The molecule has 0 saturated carbocycles. The molecule has 1 aromatic carbocycles. The van der Waals surface area contributed by atoms with E-state index in [-0.39, 0.29) is 17.5 Å². The Hall–Kier alpha value is -2.19. The molecule has 0 saturated heterocycles. The molecule has 0 radical (unpaired) electrons. The Balaban J connectivity index is 1.49. The monoisotopic (exact) mass is 374 g/mol. The number of hydrogen-bond donors (Lipinski definition) is 1. The molecule has 5 nitrogen and oxygen atoms in total. The van der Waals surface area contributed by atoms with Gasteiger partial charge in [0.15, 0.2) is 0 Å². The lowest BCUT2D eigenvalue weighted by Crippen LogP contribution is -2.36. The summed E-state index contributed by atoms with van der Waals surface area (Å²) < 4.78 is 13.7. The average molecular weight is 374 g/mol. The van der Waals surface area contributed by atoms with Crippen LogP contribution in [0, 0.1) is 5.82 Å². The first kappa shape index (κ1) is 16.3. The van der Waals surface area contributed by atoms with Gasteiger partial charge < -0.3 is 10.6 Å². The number of amides is 1. The molecule has 4 rings (SSSR count). The smallest absolute Gasteiger partial charge is 0.233 e.